The van der Waals surface area contributed by atoms with Gasteiger partial charge in [0.15, 0.2) is 0 Å². The maximum Gasteiger partial charge on any atom is 0.123 e. The normalized spacial score (nSPS) is 23.0. The second-order valence-electron chi connectivity index (χ2n) is 7.53. The Labute approximate surface area is 130 Å². The molecule has 1 aromatic carbocycles. The highest BCUT2D eigenvalue weighted by Gasteiger charge is 2.29. The monoisotopic (exact) mass is 289 g/mol. The Balaban J connectivity index is 1.73. The van der Waals surface area contributed by atoms with Gasteiger partial charge in [0, 0.05) is 12.1 Å². The SMILES string of the molecule is COc1ccccc1CNCC1CCC(C(C)(C)C)CC1. The molecule has 0 aliphatic heterocycles. The van der Waals surface area contributed by atoms with Crippen LogP contribution < -0.4 is 10.1 Å². The maximum absolute atomic E-state index is 5.40. The second kappa shape index (κ2) is 7.31. The summed E-state index contributed by atoms with van der Waals surface area (Å²) in [6, 6.07) is 8.28. The van der Waals surface area contributed by atoms with Crippen LogP contribution in [0.5, 0.6) is 5.75 Å². The fraction of sp³-hybridized carbons (Fsp3) is 0.684. The van der Waals surface area contributed by atoms with Gasteiger partial charge in [-0.1, -0.05) is 39.0 Å². The smallest absolute Gasteiger partial charge is 0.123 e. The second-order valence-corrected chi connectivity index (χ2v) is 7.53. The summed E-state index contributed by atoms with van der Waals surface area (Å²) in [7, 11) is 1.74. The van der Waals surface area contributed by atoms with Gasteiger partial charge in [-0.05, 0) is 55.5 Å². The molecule has 0 heterocycles. The average molecular weight is 289 g/mol. The number of rotatable bonds is 5. The van der Waals surface area contributed by atoms with E-state index in [0.29, 0.717) is 5.41 Å². The molecule has 1 aromatic rings. The number of para-hydroxylation sites is 1. The van der Waals surface area contributed by atoms with Crippen LogP contribution in [-0.2, 0) is 6.54 Å². The molecule has 0 amide bonds. The van der Waals surface area contributed by atoms with Crippen LogP contribution in [0.2, 0.25) is 0 Å². The highest BCUT2D eigenvalue weighted by Crippen LogP contribution is 2.39. The molecule has 2 nitrogen and oxygen atoms in total. The molecule has 118 valence electrons. The molecule has 0 bridgehead atoms. The molecule has 0 aromatic heterocycles. The van der Waals surface area contributed by atoms with Crippen molar-refractivity contribution in [2.24, 2.45) is 17.3 Å². The van der Waals surface area contributed by atoms with Crippen molar-refractivity contribution >= 4 is 0 Å². The Morgan fingerprint density at radius 1 is 1.10 bits per heavy atom. The summed E-state index contributed by atoms with van der Waals surface area (Å²) in [5.74, 6) is 2.74. The van der Waals surface area contributed by atoms with Gasteiger partial charge < -0.3 is 10.1 Å². The molecule has 2 rings (SSSR count). The zero-order valence-electron chi connectivity index (χ0n) is 14.1. The fourth-order valence-electron chi connectivity index (χ4n) is 3.49. The van der Waals surface area contributed by atoms with E-state index in [0.717, 1.165) is 30.7 Å². The lowest BCUT2D eigenvalue weighted by Gasteiger charge is -2.37. The molecule has 1 aliphatic rings. The van der Waals surface area contributed by atoms with E-state index in [-0.39, 0.29) is 0 Å². The zero-order chi connectivity index (χ0) is 15.3. The number of nitrogens with one attached hydrogen (secondary N) is 1. The van der Waals surface area contributed by atoms with Crippen molar-refractivity contribution < 1.29 is 4.74 Å². The quantitative estimate of drug-likeness (QED) is 0.853. The Morgan fingerprint density at radius 2 is 1.76 bits per heavy atom. The summed E-state index contributed by atoms with van der Waals surface area (Å²) in [5, 5.41) is 3.62. The minimum Gasteiger partial charge on any atom is -0.496 e. The third-order valence-electron chi connectivity index (χ3n) is 5.01. The van der Waals surface area contributed by atoms with E-state index in [1.54, 1.807) is 7.11 Å². The molecule has 0 spiro atoms. The molecule has 1 aliphatic carbocycles. The van der Waals surface area contributed by atoms with E-state index < -0.39 is 0 Å². The molecular formula is C19H31NO. The summed E-state index contributed by atoms with van der Waals surface area (Å²) in [6.45, 7) is 9.20. The number of benzene rings is 1. The molecule has 2 heteroatoms. The van der Waals surface area contributed by atoms with Gasteiger partial charge >= 0.3 is 0 Å². The topological polar surface area (TPSA) is 21.3 Å². The first-order chi connectivity index (χ1) is 10.0. The molecule has 0 unspecified atom stereocenters. The zero-order valence-corrected chi connectivity index (χ0v) is 14.1. The Kier molecular flexibility index (Phi) is 5.69. The summed E-state index contributed by atoms with van der Waals surface area (Å²) in [4.78, 5) is 0. The first-order valence-corrected chi connectivity index (χ1v) is 8.33. The van der Waals surface area contributed by atoms with Crippen LogP contribution in [0.1, 0.15) is 52.0 Å². The first kappa shape index (κ1) is 16.4. The van der Waals surface area contributed by atoms with E-state index in [4.69, 9.17) is 4.74 Å². The third-order valence-corrected chi connectivity index (χ3v) is 5.01. The van der Waals surface area contributed by atoms with Gasteiger partial charge in [0.1, 0.15) is 5.75 Å². The van der Waals surface area contributed by atoms with Gasteiger partial charge in [-0.3, -0.25) is 0 Å². The van der Waals surface area contributed by atoms with Crippen molar-refractivity contribution in [3.8, 4) is 5.75 Å². The van der Waals surface area contributed by atoms with Crippen molar-refractivity contribution in [2.45, 2.75) is 53.0 Å². The van der Waals surface area contributed by atoms with Crippen molar-refractivity contribution in [1.82, 2.24) is 5.32 Å². The molecular weight excluding hydrogens is 258 g/mol. The number of hydrogen-bond acceptors (Lipinski definition) is 2. The van der Waals surface area contributed by atoms with E-state index >= 15 is 0 Å². The van der Waals surface area contributed by atoms with Crippen LogP contribution >= 0.6 is 0 Å². The van der Waals surface area contributed by atoms with Gasteiger partial charge in [0.05, 0.1) is 7.11 Å². The van der Waals surface area contributed by atoms with Crippen LogP contribution in [-0.4, -0.2) is 13.7 Å². The van der Waals surface area contributed by atoms with Crippen LogP contribution in [0.3, 0.4) is 0 Å². The van der Waals surface area contributed by atoms with E-state index in [1.165, 1.54) is 31.2 Å². The van der Waals surface area contributed by atoms with Crippen LogP contribution in [0, 0.1) is 17.3 Å². The van der Waals surface area contributed by atoms with Gasteiger partial charge in [-0.25, -0.2) is 0 Å². The Morgan fingerprint density at radius 3 is 2.38 bits per heavy atom. The minimum absolute atomic E-state index is 0.482. The largest absolute Gasteiger partial charge is 0.496 e. The standard InChI is InChI=1S/C19H31NO/c1-19(2,3)17-11-9-15(10-12-17)13-20-14-16-7-5-6-8-18(16)21-4/h5-8,15,17,20H,9-14H2,1-4H3. The van der Waals surface area contributed by atoms with Crippen molar-refractivity contribution in [3.05, 3.63) is 29.8 Å². The highest BCUT2D eigenvalue weighted by atomic mass is 16.5. The predicted molar refractivity (Wildman–Crippen MR) is 89.6 cm³/mol. The van der Waals surface area contributed by atoms with E-state index in [1.807, 2.05) is 12.1 Å². The molecule has 0 saturated heterocycles. The lowest BCUT2D eigenvalue weighted by atomic mass is 9.70. The van der Waals surface area contributed by atoms with Crippen molar-refractivity contribution in [1.29, 1.82) is 0 Å². The molecule has 1 fully saturated rings. The summed E-state index contributed by atoms with van der Waals surface area (Å²) in [5.41, 5.74) is 1.74. The minimum atomic E-state index is 0.482. The summed E-state index contributed by atoms with van der Waals surface area (Å²) in [6.07, 6.45) is 5.54. The molecule has 1 saturated carbocycles. The maximum atomic E-state index is 5.40. The molecule has 0 radical (unpaired) electrons. The number of hydrogen-bond donors (Lipinski definition) is 1. The number of ether oxygens (including phenoxy) is 1. The summed E-state index contributed by atoms with van der Waals surface area (Å²) >= 11 is 0. The van der Waals surface area contributed by atoms with Gasteiger partial charge in [-0.2, -0.15) is 0 Å². The van der Waals surface area contributed by atoms with Gasteiger partial charge in [-0.15, -0.1) is 0 Å². The molecule has 21 heavy (non-hydrogen) atoms. The van der Waals surface area contributed by atoms with Crippen molar-refractivity contribution in [3.63, 3.8) is 0 Å². The van der Waals surface area contributed by atoms with Crippen LogP contribution in [0.25, 0.3) is 0 Å². The Hall–Kier alpha value is -1.02. The fourth-order valence-corrected chi connectivity index (χ4v) is 3.49. The van der Waals surface area contributed by atoms with E-state index in [9.17, 15) is 0 Å². The van der Waals surface area contributed by atoms with Crippen LogP contribution in [0.4, 0.5) is 0 Å². The third kappa shape index (κ3) is 4.74. The summed E-state index contributed by atoms with van der Waals surface area (Å²) < 4.78 is 5.40. The molecule has 0 atom stereocenters. The Bertz CT molecular complexity index is 427. The van der Waals surface area contributed by atoms with Gasteiger partial charge in [0.2, 0.25) is 0 Å². The van der Waals surface area contributed by atoms with Crippen molar-refractivity contribution in [2.75, 3.05) is 13.7 Å². The first-order valence-electron chi connectivity index (χ1n) is 8.33. The average Bonchev–Trinajstić information content (AvgIpc) is 2.47. The van der Waals surface area contributed by atoms with Crippen LogP contribution in [0.15, 0.2) is 24.3 Å². The van der Waals surface area contributed by atoms with Gasteiger partial charge in [0.25, 0.3) is 0 Å². The molecule has 1 N–H and O–H groups in total. The van der Waals surface area contributed by atoms with E-state index in [2.05, 4.69) is 38.2 Å². The highest BCUT2D eigenvalue weighted by molar-refractivity contribution is 5.32. The predicted octanol–water partition coefficient (Wildman–Crippen LogP) is 4.64. The lowest BCUT2D eigenvalue weighted by molar-refractivity contribution is 0.149. The number of methoxy groups -OCH3 is 1. The lowest BCUT2D eigenvalue weighted by Crippen LogP contribution is -2.30.